The van der Waals surface area contributed by atoms with Gasteiger partial charge in [0.2, 0.25) is 5.91 Å². The van der Waals surface area contributed by atoms with E-state index in [9.17, 15) is 9.18 Å². The summed E-state index contributed by atoms with van der Waals surface area (Å²) in [6, 6.07) is 11.5. The fraction of sp³-hybridized carbons (Fsp3) is 0.188. The third kappa shape index (κ3) is 3.79. The summed E-state index contributed by atoms with van der Waals surface area (Å²) in [7, 11) is 1.42. The van der Waals surface area contributed by atoms with Crippen molar-refractivity contribution >= 4 is 11.6 Å². The fourth-order valence-corrected chi connectivity index (χ4v) is 2.06. The van der Waals surface area contributed by atoms with E-state index in [0.29, 0.717) is 12.2 Å². The van der Waals surface area contributed by atoms with Crippen LogP contribution in [0.3, 0.4) is 0 Å². The Morgan fingerprint density at radius 1 is 1.24 bits per heavy atom. The van der Waals surface area contributed by atoms with Gasteiger partial charge >= 0.3 is 0 Å². The first-order chi connectivity index (χ1) is 10.1. The molecule has 3 N–H and O–H groups in total. The average molecular weight is 288 g/mol. The number of amides is 1. The van der Waals surface area contributed by atoms with Gasteiger partial charge in [-0.2, -0.15) is 0 Å². The minimum atomic E-state index is -0.418. The van der Waals surface area contributed by atoms with Crippen molar-refractivity contribution in [1.82, 2.24) is 0 Å². The molecule has 0 saturated carbocycles. The summed E-state index contributed by atoms with van der Waals surface area (Å²) in [4.78, 5) is 12.1. The number of hydrogen-bond acceptors (Lipinski definition) is 3. The van der Waals surface area contributed by atoms with Crippen LogP contribution in [0.25, 0.3) is 0 Å². The molecule has 1 amide bonds. The number of carbonyl (C=O) groups excluding carboxylic acids is 1. The number of halogens is 1. The predicted molar refractivity (Wildman–Crippen MR) is 79.6 cm³/mol. The highest BCUT2D eigenvalue weighted by Crippen LogP contribution is 2.25. The van der Waals surface area contributed by atoms with E-state index < -0.39 is 5.82 Å². The van der Waals surface area contributed by atoms with Crippen molar-refractivity contribution in [1.29, 1.82) is 0 Å². The largest absolute Gasteiger partial charge is 0.494 e. The number of benzene rings is 2. The van der Waals surface area contributed by atoms with Gasteiger partial charge < -0.3 is 15.8 Å². The maximum atomic E-state index is 13.1. The highest BCUT2D eigenvalue weighted by molar-refractivity contribution is 5.93. The molecule has 0 aliphatic carbocycles. The van der Waals surface area contributed by atoms with Gasteiger partial charge in [0.15, 0.2) is 0 Å². The number of hydrogen-bond donors (Lipinski definition) is 2. The molecule has 0 unspecified atom stereocenters. The van der Waals surface area contributed by atoms with Crippen LogP contribution >= 0.6 is 0 Å². The van der Waals surface area contributed by atoms with Crippen LogP contribution in [0.15, 0.2) is 42.5 Å². The molecule has 0 radical (unpaired) electrons. The molecule has 2 aromatic carbocycles. The molecule has 2 rings (SSSR count). The topological polar surface area (TPSA) is 64.3 Å². The monoisotopic (exact) mass is 288 g/mol. The first-order valence-corrected chi connectivity index (χ1v) is 6.54. The summed E-state index contributed by atoms with van der Waals surface area (Å²) in [5, 5.41) is 2.72. The molecule has 0 bridgehead atoms. The lowest BCUT2D eigenvalue weighted by atomic mass is 10.0. The Bertz CT molecular complexity index is 644. The van der Waals surface area contributed by atoms with Crippen molar-refractivity contribution < 1.29 is 13.9 Å². The van der Waals surface area contributed by atoms with Gasteiger partial charge in [0.1, 0.15) is 11.6 Å². The van der Waals surface area contributed by atoms with Crippen LogP contribution in [0.5, 0.6) is 5.75 Å². The zero-order valence-corrected chi connectivity index (χ0v) is 11.7. The fourth-order valence-electron chi connectivity index (χ4n) is 2.06. The van der Waals surface area contributed by atoms with E-state index in [0.717, 1.165) is 11.1 Å². The van der Waals surface area contributed by atoms with Gasteiger partial charge in [-0.1, -0.05) is 24.3 Å². The Labute approximate surface area is 122 Å². The van der Waals surface area contributed by atoms with E-state index >= 15 is 0 Å². The van der Waals surface area contributed by atoms with Crippen molar-refractivity contribution in [2.45, 2.75) is 13.0 Å². The minimum absolute atomic E-state index is 0.202. The molecule has 0 fully saturated rings. The maximum Gasteiger partial charge on any atom is 0.228 e. The Morgan fingerprint density at radius 2 is 1.95 bits per heavy atom. The van der Waals surface area contributed by atoms with Gasteiger partial charge in [0.05, 0.1) is 19.2 Å². The molecule has 2 aromatic rings. The molecule has 0 atom stereocenters. The summed E-state index contributed by atoms with van der Waals surface area (Å²) in [5.41, 5.74) is 7.89. The molecule has 0 saturated heterocycles. The Morgan fingerprint density at radius 3 is 2.62 bits per heavy atom. The lowest BCUT2D eigenvalue weighted by Gasteiger charge is -2.11. The number of ether oxygens (including phenoxy) is 1. The Hall–Kier alpha value is -2.40. The highest BCUT2D eigenvalue weighted by atomic mass is 19.1. The number of nitrogens with two attached hydrogens (primary N) is 1. The molecule has 0 heterocycles. The van der Waals surface area contributed by atoms with Crippen LogP contribution < -0.4 is 15.8 Å². The van der Waals surface area contributed by atoms with Gasteiger partial charge in [-0.25, -0.2) is 4.39 Å². The van der Waals surface area contributed by atoms with Crippen LogP contribution in [0.2, 0.25) is 0 Å². The highest BCUT2D eigenvalue weighted by Gasteiger charge is 2.11. The second-order valence-corrected chi connectivity index (χ2v) is 4.54. The first kappa shape index (κ1) is 15.0. The minimum Gasteiger partial charge on any atom is -0.494 e. The van der Waals surface area contributed by atoms with Gasteiger partial charge in [0.25, 0.3) is 0 Å². The number of methoxy groups -OCH3 is 1. The third-order valence-corrected chi connectivity index (χ3v) is 3.13. The van der Waals surface area contributed by atoms with E-state index in [1.165, 1.54) is 25.3 Å². The van der Waals surface area contributed by atoms with Gasteiger partial charge in [-0.3, -0.25) is 4.79 Å². The van der Waals surface area contributed by atoms with Crippen LogP contribution in [0.1, 0.15) is 11.1 Å². The number of nitrogens with one attached hydrogen (secondary N) is 1. The lowest BCUT2D eigenvalue weighted by Crippen LogP contribution is -2.16. The zero-order valence-electron chi connectivity index (χ0n) is 11.7. The summed E-state index contributed by atoms with van der Waals surface area (Å²) < 4.78 is 18.2. The molecule has 0 spiro atoms. The zero-order chi connectivity index (χ0) is 15.2. The van der Waals surface area contributed by atoms with Crippen molar-refractivity contribution in [3.63, 3.8) is 0 Å². The third-order valence-electron chi connectivity index (χ3n) is 3.13. The average Bonchev–Trinajstić information content (AvgIpc) is 2.49. The summed E-state index contributed by atoms with van der Waals surface area (Å²) >= 11 is 0. The van der Waals surface area contributed by atoms with Gasteiger partial charge in [-0.15, -0.1) is 0 Å². The van der Waals surface area contributed by atoms with Crippen LogP contribution in [0.4, 0.5) is 10.1 Å². The van der Waals surface area contributed by atoms with Gasteiger partial charge in [0, 0.05) is 12.6 Å². The normalized spacial score (nSPS) is 10.2. The quantitative estimate of drug-likeness (QED) is 0.888. The smallest absolute Gasteiger partial charge is 0.228 e. The maximum absolute atomic E-state index is 13.1. The van der Waals surface area contributed by atoms with Crippen LogP contribution in [-0.4, -0.2) is 13.0 Å². The molecule has 21 heavy (non-hydrogen) atoms. The van der Waals surface area contributed by atoms with E-state index in [-0.39, 0.29) is 18.1 Å². The molecular formula is C16H17FN2O2. The van der Waals surface area contributed by atoms with E-state index in [4.69, 9.17) is 10.5 Å². The number of carbonyl (C=O) groups is 1. The lowest BCUT2D eigenvalue weighted by molar-refractivity contribution is -0.115. The molecule has 0 aromatic heterocycles. The first-order valence-electron chi connectivity index (χ1n) is 6.54. The van der Waals surface area contributed by atoms with Crippen molar-refractivity contribution in [3.8, 4) is 5.75 Å². The Balaban J connectivity index is 2.12. The molecule has 110 valence electrons. The number of rotatable bonds is 5. The van der Waals surface area contributed by atoms with E-state index in [2.05, 4.69) is 5.32 Å². The van der Waals surface area contributed by atoms with Crippen molar-refractivity contribution in [2.24, 2.45) is 5.73 Å². The van der Waals surface area contributed by atoms with Crippen molar-refractivity contribution in [2.75, 3.05) is 12.4 Å². The summed E-state index contributed by atoms with van der Waals surface area (Å²) in [5.74, 6) is -0.338. The van der Waals surface area contributed by atoms with E-state index in [1.54, 1.807) is 0 Å². The summed E-state index contributed by atoms with van der Waals surface area (Å²) in [6.07, 6.45) is 0.202. The Kier molecular flexibility index (Phi) is 4.90. The predicted octanol–water partition coefficient (Wildman–Crippen LogP) is 2.47. The van der Waals surface area contributed by atoms with E-state index in [1.807, 2.05) is 24.3 Å². The molecule has 0 aliphatic heterocycles. The molecule has 4 nitrogen and oxygen atoms in total. The standard InChI is InChI=1S/C16H17FN2O2/c1-21-15-9-13(17)6-7-14(15)19-16(20)8-11-4-2-3-5-12(11)10-18/h2-7,9H,8,10,18H2,1H3,(H,19,20). The second-order valence-electron chi connectivity index (χ2n) is 4.54. The molecular weight excluding hydrogens is 271 g/mol. The SMILES string of the molecule is COc1cc(F)ccc1NC(=O)Cc1ccccc1CN. The molecule has 0 aliphatic rings. The number of anilines is 1. The van der Waals surface area contributed by atoms with Crippen LogP contribution in [0, 0.1) is 5.82 Å². The van der Waals surface area contributed by atoms with Crippen LogP contribution in [-0.2, 0) is 17.8 Å². The summed E-state index contributed by atoms with van der Waals surface area (Å²) in [6.45, 7) is 0.378. The second kappa shape index (κ2) is 6.85. The van der Waals surface area contributed by atoms with Crippen molar-refractivity contribution in [3.05, 3.63) is 59.4 Å². The van der Waals surface area contributed by atoms with Gasteiger partial charge in [-0.05, 0) is 23.3 Å². The molecule has 5 heteroatoms.